The number of nitrogens with one attached hydrogen (secondary N) is 1. The molecule has 1 aliphatic carbocycles. The summed E-state index contributed by atoms with van der Waals surface area (Å²) >= 11 is 0. The molecule has 14 heavy (non-hydrogen) atoms. The maximum absolute atomic E-state index is 11.3. The quantitative estimate of drug-likeness (QED) is 0.749. The van der Waals surface area contributed by atoms with Crippen LogP contribution in [0.25, 0.3) is 0 Å². The molecule has 1 amide bonds. The monoisotopic (exact) mass is 195 g/mol. The van der Waals surface area contributed by atoms with Gasteiger partial charge >= 0.3 is 5.97 Å². The SMILES string of the molecule is O=C(O)c1ccc(C(=O)NC2CC2)o1. The molecule has 0 aliphatic heterocycles. The third-order valence-corrected chi connectivity index (χ3v) is 1.95. The number of hydrogen-bond acceptors (Lipinski definition) is 3. The van der Waals surface area contributed by atoms with Crippen LogP contribution in [0.2, 0.25) is 0 Å². The van der Waals surface area contributed by atoms with Crippen molar-refractivity contribution in [1.29, 1.82) is 0 Å². The first kappa shape index (κ1) is 8.80. The molecule has 5 nitrogen and oxygen atoms in total. The number of aromatic carboxylic acids is 1. The molecule has 0 aromatic carbocycles. The van der Waals surface area contributed by atoms with Crippen LogP contribution in [0, 0.1) is 0 Å². The van der Waals surface area contributed by atoms with Crippen LogP contribution in [-0.4, -0.2) is 23.0 Å². The van der Waals surface area contributed by atoms with Crippen LogP contribution >= 0.6 is 0 Å². The molecule has 2 rings (SSSR count). The van der Waals surface area contributed by atoms with Gasteiger partial charge in [0.2, 0.25) is 5.76 Å². The summed E-state index contributed by atoms with van der Waals surface area (Å²) in [6, 6.07) is 2.87. The highest BCUT2D eigenvalue weighted by atomic mass is 16.4. The van der Waals surface area contributed by atoms with E-state index < -0.39 is 5.97 Å². The normalized spacial score (nSPS) is 15.1. The Morgan fingerprint density at radius 1 is 1.36 bits per heavy atom. The molecule has 2 N–H and O–H groups in total. The van der Waals surface area contributed by atoms with Crippen molar-refractivity contribution in [3.8, 4) is 0 Å². The van der Waals surface area contributed by atoms with Crippen LogP contribution in [0.4, 0.5) is 0 Å². The number of carboxylic acid groups (broad SMARTS) is 1. The van der Waals surface area contributed by atoms with Crippen LogP contribution < -0.4 is 5.32 Å². The van der Waals surface area contributed by atoms with E-state index in [1.54, 1.807) is 0 Å². The Hall–Kier alpha value is -1.78. The molecule has 0 radical (unpaired) electrons. The smallest absolute Gasteiger partial charge is 0.371 e. The summed E-state index contributed by atoms with van der Waals surface area (Å²) in [4.78, 5) is 21.8. The van der Waals surface area contributed by atoms with Crippen molar-refractivity contribution in [3.63, 3.8) is 0 Å². The molecule has 0 unspecified atom stereocenters. The van der Waals surface area contributed by atoms with Gasteiger partial charge in [-0.15, -0.1) is 0 Å². The Balaban J connectivity index is 2.07. The first-order valence-electron chi connectivity index (χ1n) is 4.31. The second kappa shape index (κ2) is 3.17. The fourth-order valence-corrected chi connectivity index (χ4v) is 1.06. The standard InChI is InChI=1S/C9H9NO4/c11-8(10-5-1-2-5)6-3-4-7(14-6)9(12)13/h3-5H,1-2H2,(H,10,11)(H,12,13). The van der Waals surface area contributed by atoms with E-state index in [0.717, 1.165) is 12.8 Å². The van der Waals surface area contributed by atoms with Gasteiger partial charge in [0.15, 0.2) is 5.76 Å². The summed E-state index contributed by atoms with van der Waals surface area (Å²) in [6.45, 7) is 0. The summed E-state index contributed by atoms with van der Waals surface area (Å²) in [5.74, 6) is -1.68. The van der Waals surface area contributed by atoms with Crippen molar-refractivity contribution in [3.05, 3.63) is 23.7 Å². The van der Waals surface area contributed by atoms with Gasteiger partial charge in [0, 0.05) is 6.04 Å². The lowest BCUT2D eigenvalue weighted by molar-refractivity contribution is 0.0659. The Morgan fingerprint density at radius 2 is 2.00 bits per heavy atom. The van der Waals surface area contributed by atoms with E-state index in [2.05, 4.69) is 5.32 Å². The lowest BCUT2D eigenvalue weighted by Gasteiger charge is -1.97. The van der Waals surface area contributed by atoms with Crippen molar-refractivity contribution >= 4 is 11.9 Å². The molecule has 74 valence electrons. The lowest BCUT2D eigenvalue weighted by atomic mass is 10.4. The summed E-state index contributed by atoms with van der Waals surface area (Å²) in [5.41, 5.74) is 0. The number of carbonyl (C=O) groups excluding carboxylic acids is 1. The van der Waals surface area contributed by atoms with E-state index in [1.807, 2.05) is 0 Å². The molecule has 1 heterocycles. The Morgan fingerprint density at radius 3 is 2.50 bits per heavy atom. The molecular weight excluding hydrogens is 186 g/mol. The van der Waals surface area contributed by atoms with Crippen LogP contribution in [0.5, 0.6) is 0 Å². The van der Waals surface area contributed by atoms with Crippen LogP contribution in [0.1, 0.15) is 34.0 Å². The summed E-state index contributed by atoms with van der Waals surface area (Å²) in [7, 11) is 0. The Kier molecular flexibility index (Phi) is 1.99. The number of amides is 1. The highest BCUT2D eigenvalue weighted by molar-refractivity contribution is 5.93. The maximum Gasteiger partial charge on any atom is 0.371 e. The predicted molar refractivity (Wildman–Crippen MR) is 46.2 cm³/mol. The van der Waals surface area contributed by atoms with Crippen molar-refractivity contribution in [1.82, 2.24) is 5.32 Å². The third-order valence-electron chi connectivity index (χ3n) is 1.95. The van der Waals surface area contributed by atoms with Gasteiger partial charge in [-0.3, -0.25) is 4.79 Å². The molecule has 0 bridgehead atoms. The average Bonchev–Trinajstić information content (AvgIpc) is 2.81. The van der Waals surface area contributed by atoms with Gasteiger partial charge in [-0.25, -0.2) is 4.79 Å². The van der Waals surface area contributed by atoms with E-state index in [-0.39, 0.29) is 23.5 Å². The molecule has 5 heteroatoms. The Labute approximate surface area is 79.7 Å². The summed E-state index contributed by atoms with van der Waals surface area (Å²) in [6.07, 6.45) is 1.97. The van der Waals surface area contributed by atoms with Crippen LogP contribution in [-0.2, 0) is 0 Å². The third kappa shape index (κ3) is 1.76. The fourth-order valence-electron chi connectivity index (χ4n) is 1.06. The number of carbonyl (C=O) groups is 2. The maximum atomic E-state index is 11.3. The van der Waals surface area contributed by atoms with Gasteiger partial charge in [0.25, 0.3) is 5.91 Å². The predicted octanol–water partition coefficient (Wildman–Crippen LogP) is 0.870. The lowest BCUT2D eigenvalue weighted by Crippen LogP contribution is -2.24. The van der Waals surface area contributed by atoms with Gasteiger partial charge in [-0.2, -0.15) is 0 Å². The minimum Gasteiger partial charge on any atom is -0.475 e. The van der Waals surface area contributed by atoms with Crippen molar-refractivity contribution in [2.75, 3.05) is 0 Å². The van der Waals surface area contributed by atoms with Crippen molar-refractivity contribution in [2.45, 2.75) is 18.9 Å². The second-order valence-electron chi connectivity index (χ2n) is 3.22. The topological polar surface area (TPSA) is 79.5 Å². The zero-order valence-corrected chi connectivity index (χ0v) is 7.32. The Bertz CT molecular complexity index is 378. The molecule has 1 aromatic heterocycles. The van der Waals surface area contributed by atoms with E-state index >= 15 is 0 Å². The van der Waals surface area contributed by atoms with E-state index in [9.17, 15) is 9.59 Å². The molecular formula is C9H9NO4. The zero-order valence-electron chi connectivity index (χ0n) is 7.32. The number of furan rings is 1. The van der Waals surface area contributed by atoms with E-state index in [1.165, 1.54) is 12.1 Å². The van der Waals surface area contributed by atoms with Crippen molar-refractivity contribution in [2.24, 2.45) is 0 Å². The largest absolute Gasteiger partial charge is 0.475 e. The van der Waals surface area contributed by atoms with Gasteiger partial charge in [-0.1, -0.05) is 0 Å². The molecule has 1 saturated carbocycles. The number of rotatable bonds is 3. The number of hydrogen-bond donors (Lipinski definition) is 2. The van der Waals surface area contributed by atoms with Gasteiger partial charge < -0.3 is 14.8 Å². The molecule has 0 saturated heterocycles. The number of carboxylic acids is 1. The summed E-state index contributed by atoms with van der Waals surface area (Å²) in [5, 5.41) is 11.2. The van der Waals surface area contributed by atoms with Crippen LogP contribution in [0.15, 0.2) is 16.5 Å². The highest BCUT2D eigenvalue weighted by Gasteiger charge is 2.25. The molecule has 1 aromatic rings. The van der Waals surface area contributed by atoms with Gasteiger partial charge in [-0.05, 0) is 25.0 Å². The zero-order chi connectivity index (χ0) is 10.1. The molecule has 0 spiro atoms. The van der Waals surface area contributed by atoms with E-state index in [0.29, 0.717) is 0 Å². The first-order chi connectivity index (χ1) is 6.66. The van der Waals surface area contributed by atoms with Crippen LogP contribution in [0.3, 0.4) is 0 Å². The van der Waals surface area contributed by atoms with Gasteiger partial charge in [0.1, 0.15) is 0 Å². The average molecular weight is 195 g/mol. The second-order valence-corrected chi connectivity index (χ2v) is 3.22. The highest BCUT2D eigenvalue weighted by Crippen LogP contribution is 2.19. The molecule has 1 aliphatic rings. The minimum absolute atomic E-state index is 0.0503. The van der Waals surface area contributed by atoms with E-state index in [4.69, 9.17) is 9.52 Å². The minimum atomic E-state index is -1.17. The molecule has 0 atom stereocenters. The fraction of sp³-hybridized carbons (Fsp3) is 0.333. The summed E-state index contributed by atoms with van der Waals surface area (Å²) < 4.78 is 4.82. The molecule has 1 fully saturated rings. The van der Waals surface area contributed by atoms with Crippen molar-refractivity contribution < 1.29 is 19.1 Å². The van der Waals surface area contributed by atoms with Gasteiger partial charge in [0.05, 0.1) is 0 Å². The first-order valence-corrected chi connectivity index (χ1v) is 4.31.